The summed E-state index contributed by atoms with van der Waals surface area (Å²) in [5.41, 5.74) is 1.10. The molecule has 31 heavy (non-hydrogen) atoms. The molecule has 0 fully saturated rings. The zero-order valence-electron chi connectivity index (χ0n) is 16.3. The Morgan fingerprint density at radius 2 is 1.55 bits per heavy atom. The van der Waals surface area contributed by atoms with Crippen LogP contribution in [0.15, 0.2) is 75.4 Å². The summed E-state index contributed by atoms with van der Waals surface area (Å²) in [6.07, 6.45) is 0. The number of hydrogen-bond acceptors (Lipinski definition) is 9. The Labute approximate surface area is 226 Å². The van der Waals surface area contributed by atoms with Gasteiger partial charge in [0, 0.05) is 0 Å². The molecule has 2 aromatic carbocycles. The van der Waals surface area contributed by atoms with Crippen molar-refractivity contribution in [2.75, 3.05) is 0 Å². The first kappa shape index (κ1) is 26.6. The fourth-order valence-corrected chi connectivity index (χ4v) is 4.81. The minimum absolute atomic E-state index is 0. The number of fused-ring (bicyclic) bond motifs is 2. The number of aromatic nitrogens is 1. The van der Waals surface area contributed by atoms with Crippen molar-refractivity contribution in [1.82, 2.24) is 4.98 Å². The normalized spacial score (nSPS) is 12.4. The molecule has 0 aromatic heterocycles. The first-order valence-corrected chi connectivity index (χ1v) is 11.6. The summed E-state index contributed by atoms with van der Waals surface area (Å²) >= 11 is 1.44. The molecule has 13 heteroatoms. The van der Waals surface area contributed by atoms with Gasteiger partial charge >= 0.3 is 59.1 Å². The summed E-state index contributed by atoms with van der Waals surface area (Å²) < 4.78 is 69.3. The molecule has 0 radical (unpaired) electrons. The van der Waals surface area contributed by atoms with Crippen molar-refractivity contribution in [3.8, 4) is 10.6 Å². The van der Waals surface area contributed by atoms with Crippen LogP contribution >= 0.6 is 11.3 Å². The molecule has 1 aliphatic carbocycles. The van der Waals surface area contributed by atoms with Crippen molar-refractivity contribution in [3.63, 3.8) is 0 Å². The molecule has 0 saturated carbocycles. The zero-order valence-corrected chi connectivity index (χ0v) is 22.8. The van der Waals surface area contributed by atoms with Crippen molar-refractivity contribution in [1.29, 1.82) is 0 Å². The Morgan fingerprint density at radius 3 is 2.23 bits per heavy atom. The van der Waals surface area contributed by atoms with Crippen LogP contribution in [0, 0.1) is 0 Å². The molecule has 148 valence electrons. The van der Waals surface area contributed by atoms with E-state index in [9.17, 15) is 25.9 Å². The minimum Gasteiger partial charge on any atom is -0.744 e. The molecular weight excluding hydrogens is 482 g/mol. The van der Waals surface area contributed by atoms with E-state index < -0.39 is 35.7 Å². The van der Waals surface area contributed by atoms with Crippen LogP contribution in [0.1, 0.15) is 0 Å². The molecule has 1 heterocycles. The monoisotopic (exact) mass is 492 g/mol. The third kappa shape index (κ3) is 6.01. The largest absolute Gasteiger partial charge is 1.00 e. The van der Waals surface area contributed by atoms with E-state index in [-0.39, 0.29) is 64.5 Å². The van der Waals surface area contributed by atoms with E-state index >= 15 is 0 Å². The topological polar surface area (TPSA) is 140 Å². The third-order valence-electron chi connectivity index (χ3n) is 4.01. The second-order valence-corrected chi connectivity index (χ2v) is 9.79. The molecule has 0 atom stereocenters. The SMILES string of the molecule is O=S(=O)([O-])c1ccc(S(=O)(=O)[O-])c(N=c2ccc3nc4ccccc4sc-3c2)c1.[Na+].[Na+]. The molecule has 1 aliphatic heterocycles. The molecule has 0 N–H and O–H groups in total. The van der Waals surface area contributed by atoms with E-state index in [4.69, 9.17) is 0 Å². The predicted octanol–water partition coefficient (Wildman–Crippen LogP) is -3.55. The Bertz CT molecular complexity index is 1520. The van der Waals surface area contributed by atoms with Gasteiger partial charge in [-0.15, -0.1) is 11.3 Å². The van der Waals surface area contributed by atoms with Crippen LogP contribution in [0.5, 0.6) is 0 Å². The first-order valence-electron chi connectivity index (χ1n) is 8.01. The molecule has 2 aliphatic rings. The smallest absolute Gasteiger partial charge is 0.744 e. The van der Waals surface area contributed by atoms with Crippen molar-refractivity contribution in [3.05, 3.63) is 66.0 Å². The van der Waals surface area contributed by atoms with Crippen LogP contribution in [-0.4, -0.2) is 30.9 Å². The second kappa shape index (κ2) is 10.1. The zero-order chi connectivity index (χ0) is 20.8. The van der Waals surface area contributed by atoms with Gasteiger partial charge < -0.3 is 9.11 Å². The molecule has 0 bridgehead atoms. The Hall–Kier alpha value is -0.700. The van der Waals surface area contributed by atoms with Crippen molar-refractivity contribution in [2.24, 2.45) is 4.99 Å². The van der Waals surface area contributed by atoms with E-state index in [1.165, 1.54) is 11.3 Å². The third-order valence-corrected chi connectivity index (χ3v) is 6.83. The van der Waals surface area contributed by atoms with E-state index in [2.05, 4.69) is 9.98 Å². The Kier molecular flexibility index (Phi) is 8.62. The van der Waals surface area contributed by atoms with Gasteiger partial charge in [0.25, 0.3) is 0 Å². The maximum Gasteiger partial charge on any atom is 1.00 e. The maximum atomic E-state index is 11.5. The van der Waals surface area contributed by atoms with Gasteiger partial charge in [0.1, 0.15) is 20.2 Å². The standard InChI is InChI=1S/C18H12N2O6S3.2Na/c21-28(22,23)12-6-8-18(29(24,25)26)15(10-12)19-11-5-7-14-17(9-11)27-16-4-2-1-3-13(16)20-14;;/h1-10H,(H,21,22,23)(H,24,25,26);;/q;2*+1/p-2. The fraction of sp³-hybridized carbons (Fsp3) is 0. The van der Waals surface area contributed by atoms with Gasteiger partial charge in [0.05, 0.1) is 41.6 Å². The van der Waals surface area contributed by atoms with Crippen LogP contribution < -0.4 is 64.5 Å². The van der Waals surface area contributed by atoms with Gasteiger partial charge in [-0.25, -0.2) is 26.8 Å². The van der Waals surface area contributed by atoms with Gasteiger partial charge in [0.15, 0.2) is 0 Å². The maximum absolute atomic E-state index is 11.5. The average Bonchev–Trinajstić information content (AvgIpc) is 2.64. The molecule has 2 aromatic rings. The van der Waals surface area contributed by atoms with Crippen LogP contribution in [0.2, 0.25) is 0 Å². The van der Waals surface area contributed by atoms with Gasteiger partial charge in [-0.1, -0.05) is 12.1 Å². The van der Waals surface area contributed by atoms with E-state index in [0.717, 1.165) is 33.3 Å². The summed E-state index contributed by atoms with van der Waals surface area (Å²) in [6, 6.07) is 14.7. The molecular formula is C18H10N2Na2O6S3. The fourth-order valence-electron chi connectivity index (χ4n) is 2.72. The Balaban J connectivity index is 0.00000171. The van der Waals surface area contributed by atoms with E-state index in [1.54, 1.807) is 18.2 Å². The summed E-state index contributed by atoms with van der Waals surface area (Å²) in [4.78, 5) is 8.00. The van der Waals surface area contributed by atoms with Crippen molar-refractivity contribution >= 4 is 47.5 Å². The van der Waals surface area contributed by atoms with Crippen molar-refractivity contribution in [2.45, 2.75) is 9.79 Å². The van der Waals surface area contributed by atoms with E-state index in [0.29, 0.717) is 5.69 Å². The minimum atomic E-state index is -4.94. The number of benzene rings is 3. The molecule has 0 saturated heterocycles. The van der Waals surface area contributed by atoms with E-state index in [1.807, 2.05) is 24.3 Å². The summed E-state index contributed by atoms with van der Waals surface area (Å²) in [5.74, 6) is 0. The van der Waals surface area contributed by atoms with Gasteiger partial charge in [-0.3, -0.25) is 0 Å². The molecule has 0 amide bonds. The molecule has 0 spiro atoms. The van der Waals surface area contributed by atoms with Gasteiger partial charge in [-0.05, 0) is 48.5 Å². The number of rotatable bonds is 3. The van der Waals surface area contributed by atoms with Crippen LogP contribution in [0.4, 0.5) is 5.69 Å². The number of hydrogen-bond donors (Lipinski definition) is 0. The van der Waals surface area contributed by atoms with Crippen LogP contribution in [0.3, 0.4) is 0 Å². The predicted molar refractivity (Wildman–Crippen MR) is 104 cm³/mol. The van der Waals surface area contributed by atoms with Crippen molar-refractivity contribution < 1.29 is 85.1 Å². The summed E-state index contributed by atoms with van der Waals surface area (Å²) in [6.45, 7) is 0. The summed E-state index contributed by atoms with van der Waals surface area (Å²) in [7, 11) is -9.79. The van der Waals surface area contributed by atoms with Crippen LogP contribution in [-0.2, 0) is 20.2 Å². The molecule has 8 nitrogen and oxygen atoms in total. The first-order chi connectivity index (χ1) is 13.6. The second-order valence-electron chi connectivity index (χ2n) is 5.98. The molecule has 0 unspecified atom stereocenters. The van der Waals surface area contributed by atoms with Gasteiger partial charge in [-0.2, -0.15) is 0 Å². The van der Waals surface area contributed by atoms with Crippen LogP contribution in [0.25, 0.3) is 20.8 Å². The summed E-state index contributed by atoms with van der Waals surface area (Å²) in [5, 5.41) is 0.274. The average molecular weight is 492 g/mol. The Morgan fingerprint density at radius 1 is 0.839 bits per heavy atom. The number of para-hydroxylation sites is 1. The molecule has 4 rings (SSSR count). The number of nitrogens with zero attached hydrogens (tertiary/aromatic N) is 2. The van der Waals surface area contributed by atoms with Gasteiger partial charge in [0.2, 0.25) is 0 Å². The quantitative estimate of drug-likeness (QED) is 0.164.